The summed E-state index contributed by atoms with van der Waals surface area (Å²) in [5.41, 5.74) is 6.57. The smallest absolute Gasteiger partial charge is 0.322 e. The molecule has 2 unspecified atom stereocenters. The molecule has 0 bridgehead atoms. The minimum atomic E-state index is -2.55. The molecule has 4 nitrogen and oxygen atoms in total. The predicted molar refractivity (Wildman–Crippen MR) is 49.1 cm³/mol. The van der Waals surface area contributed by atoms with Gasteiger partial charge >= 0.3 is 8.25 Å². The monoisotopic (exact) mass is 200 g/mol. The maximum Gasteiger partial charge on any atom is 0.694 e. The van der Waals surface area contributed by atoms with Crippen LogP contribution in [-0.4, -0.2) is 11.5 Å². The van der Waals surface area contributed by atoms with Crippen LogP contribution >= 0.6 is 8.25 Å². The van der Waals surface area contributed by atoms with E-state index >= 15 is 0 Å². The topological polar surface area (TPSA) is 72.5 Å². The fourth-order valence-corrected chi connectivity index (χ4v) is 1.23. The van der Waals surface area contributed by atoms with Gasteiger partial charge in [0, 0.05) is 4.57 Å². The van der Waals surface area contributed by atoms with Crippen LogP contribution in [0.5, 0.6) is 0 Å². The highest BCUT2D eigenvalue weighted by Crippen LogP contribution is 2.18. The molecule has 0 saturated heterocycles. The summed E-state index contributed by atoms with van der Waals surface area (Å²) < 4.78 is 14.7. The van der Waals surface area contributed by atoms with Crippen molar-refractivity contribution in [1.82, 2.24) is 0 Å². The summed E-state index contributed by atoms with van der Waals surface area (Å²) in [6.45, 7) is 0.0513. The Morgan fingerprint density at radius 3 is 2.62 bits per heavy atom. The Balaban J connectivity index is 2.49. The van der Waals surface area contributed by atoms with E-state index in [1.807, 2.05) is 30.3 Å². The second-order valence-corrected chi connectivity index (χ2v) is 3.28. The van der Waals surface area contributed by atoms with Gasteiger partial charge < -0.3 is 5.73 Å². The van der Waals surface area contributed by atoms with Crippen molar-refractivity contribution in [3.8, 4) is 0 Å². The Hall–Kier alpha value is -0.800. The molecule has 1 rings (SSSR count). The van der Waals surface area contributed by atoms with Crippen molar-refractivity contribution in [3.05, 3.63) is 35.9 Å². The van der Waals surface area contributed by atoms with Crippen molar-refractivity contribution in [1.29, 1.82) is 0 Å². The summed E-state index contributed by atoms with van der Waals surface area (Å²) in [6.07, 6.45) is 0. The molecule has 0 fully saturated rings. The second-order valence-electron chi connectivity index (χ2n) is 2.55. The van der Waals surface area contributed by atoms with Gasteiger partial charge in [-0.2, -0.15) is 0 Å². The predicted octanol–water partition coefficient (Wildman–Crippen LogP) is 1.35. The molecule has 70 valence electrons. The standard InChI is InChI=1S/C8H10NO3P/c9-8(6-12-13(10)11)7-4-2-1-3-5-7/h1-5,8H,6,9H2/p+1. The van der Waals surface area contributed by atoms with E-state index in [-0.39, 0.29) is 12.6 Å². The lowest BCUT2D eigenvalue weighted by Gasteiger charge is -2.06. The molecular weight excluding hydrogens is 189 g/mol. The first-order valence-corrected chi connectivity index (χ1v) is 4.93. The Labute approximate surface area is 77.3 Å². The summed E-state index contributed by atoms with van der Waals surface area (Å²) in [6, 6.07) is 8.93. The van der Waals surface area contributed by atoms with Crippen molar-refractivity contribution in [2.45, 2.75) is 6.04 Å². The minimum absolute atomic E-state index is 0.0513. The van der Waals surface area contributed by atoms with E-state index in [9.17, 15) is 4.57 Å². The molecule has 0 aliphatic rings. The summed E-state index contributed by atoms with van der Waals surface area (Å²) >= 11 is 0. The van der Waals surface area contributed by atoms with Gasteiger partial charge in [-0.05, 0) is 5.56 Å². The van der Waals surface area contributed by atoms with Gasteiger partial charge in [0.2, 0.25) is 0 Å². The highest BCUT2D eigenvalue weighted by Gasteiger charge is 2.15. The van der Waals surface area contributed by atoms with Crippen LogP contribution in [0.2, 0.25) is 0 Å². The summed E-state index contributed by atoms with van der Waals surface area (Å²) in [5.74, 6) is 0. The molecule has 5 heteroatoms. The third-order valence-corrected chi connectivity index (χ3v) is 1.96. The lowest BCUT2D eigenvalue weighted by Crippen LogP contribution is -2.15. The van der Waals surface area contributed by atoms with E-state index in [0.717, 1.165) is 5.56 Å². The van der Waals surface area contributed by atoms with Crippen LogP contribution in [0, 0.1) is 0 Å². The lowest BCUT2D eigenvalue weighted by molar-refractivity contribution is 0.263. The van der Waals surface area contributed by atoms with Crippen LogP contribution in [0.4, 0.5) is 0 Å². The van der Waals surface area contributed by atoms with Crippen molar-refractivity contribution < 1.29 is 14.0 Å². The van der Waals surface area contributed by atoms with E-state index in [1.165, 1.54) is 0 Å². The van der Waals surface area contributed by atoms with Crippen LogP contribution in [0.15, 0.2) is 30.3 Å². The summed E-state index contributed by atoms with van der Waals surface area (Å²) in [7, 11) is -2.55. The van der Waals surface area contributed by atoms with E-state index in [1.54, 1.807) is 0 Å². The van der Waals surface area contributed by atoms with E-state index in [4.69, 9.17) is 10.6 Å². The summed E-state index contributed by atoms with van der Waals surface area (Å²) in [4.78, 5) is 8.38. The average Bonchev–Trinajstić information content (AvgIpc) is 2.15. The molecular formula is C8H11NO3P+. The Morgan fingerprint density at radius 1 is 1.46 bits per heavy atom. The lowest BCUT2D eigenvalue weighted by atomic mass is 10.1. The molecule has 0 heterocycles. The second kappa shape index (κ2) is 5.04. The van der Waals surface area contributed by atoms with Crippen molar-refractivity contribution in [3.63, 3.8) is 0 Å². The number of rotatable bonds is 4. The van der Waals surface area contributed by atoms with Crippen LogP contribution in [0.3, 0.4) is 0 Å². The number of nitrogens with two attached hydrogens (primary N) is 1. The van der Waals surface area contributed by atoms with Gasteiger partial charge in [0.1, 0.15) is 6.61 Å². The zero-order valence-electron chi connectivity index (χ0n) is 6.96. The average molecular weight is 200 g/mol. The molecule has 0 aromatic heterocycles. The van der Waals surface area contributed by atoms with Crippen LogP contribution in [0.1, 0.15) is 11.6 Å². The molecule has 0 spiro atoms. The Morgan fingerprint density at radius 2 is 2.08 bits per heavy atom. The van der Waals surface area contributed by atoms with Gasteiger partial charge in [0.25, 0.3) is 0 Å². The third kappa shape index (κ3) is 3.61. The molecule has 0 radical (unpaired) electrons. The fraction of sp³-hybridized carbons (Fsp3) is 0.250. The van der Waals surface area contributed by atoms with Gasteiger partial charge in [-0.25, -0.2) is 0 Å². The number of benzene rings is 1. The molecule has 2 atom stereocenters. The van der Waals surface area contributed by atoms with Gasteiger partial charge in [-0.15, -0.1) is 9.42 Å². The first-order valence-electron chi connectivity index (χ1n) is 3.79. The third-order valence-electron chi connectivity index (χ3n) is 1.59. The highest BCUT2D eigenvalue weighted by atomic mass is 31.1. The molecule has 0 aliphatic heterocycles. The quantitative estimate of drug-likeness (QED) is 0.719. The maximum absolute atomic E-state index is 10.2. The maximum atomic E-state index is 10.2. The first kappa shape index (κ1) is 10.3. The van der Waals surface area contributed by atoms with Crippen molar-refractivity contribution >= 4 is 8.25 Å². The zero-order chi connectivity index (χ0) is 9.68. The van der Waals surface area contributed by atoms with Gasteiger partial charge in [0.05, 0.1) is 6.04 Å². The SMILES string of the molecule is NC(CO[P+](=O)O)c1ccccc1. The summed E-state index contributed by atoms with van der Waals surface area (Å²) in [5, 5.41) is 0. The van der Waals surface area contributed by atoms with Gasteiger partial charge in [0.15, 0.2) is 0 Å². The molecule has 0 saturated carbocycles. The Kier molecular flexibility index (Phi) is 3.99. The minimum Gasteiger partial charge on any atom is -0.322 e. The van der Waals surface area contributed by atoms with E-state index in [2.05, 4.69) is 4.52 Å². The zero-order valence-corrected chi connectivity index (χ0v) is 7.85. The molecule has 1 aromatic carbocycles. The van der Waals surface area contributed by atoms with Crippen LogP contribution in [0.25, 0.3) is 0 Å². The number of hydrogen-bond acceptors (Lipinski definition) is 3. The molecule has 3 N–H and O–H groups in total. The highest BCUT2D eigenvalue weighted by molar-refractivity contribution is 7.32. The van der Waals surface area contributed by atoms with Crippen LogP contribution < -0.4 is 5.73 Å². The van der Waals surface area contributed by atoms with E-state index < -0.39 is 8.25 Å². The van der Waals surface area contributed by atoms with E-state index in [0.29, 0.717) is 0 Å². The molecule has 1 aromatic rings. The Bertz CT molecular complexity index is 278. The normalized spacial score (nSPS) is 13.8. The molecule has 0 aliphatic carbocycles. The molecule has 0 amide bonds. The van der Waals surface area contributed by atoms with Gasteiger partial charge in [-0.1, -0.05) is 30.3 Å². The molecule has 13 heavy (non-hydrogen) atoms. The van der Waals surface area contributed by atoms with Gasteiger partial charge in [-0.3, -0.25) is 0 Å². The first-order chi connectivity index (χ1) is 6.20. The van der Waals surface area contributed by atoms with Crippen LogP contribution in [-0.2, 0) is 9.09 Å². The fourth-order valence-electron chi connectivity index (χ4n) is 0.941. The van der Waals surface area contributed by atoms with Crippen molar-refractivity contribution in [2.24, 2.45) is 5.73 Å². The largest absolute Gasteiger partial charge is 0.694 e. The van der Waals surface area contributed by atoms with Crippen molar-refractivity contribution in [2.75, 3.05) is 6.61 Å². The number of hydrogen-bond donors (Lipinski definition) is 2.